The monoisotopic (exact) mass is 203 g/mol. The van der Waals surface area contributed by atoms with Crippen molar-refractivity contribution in [1.29, 1.82) is 5.41 Å². The summed E-state index contributed by atoms with van der Waals surface area (Å²) in [6, 6.07) is 0. The van der Waals surface area contributed by atoms with Gasteiger partial charge in [0.2, 0.25) is 5.95 Å². The van der Waals surface area contributed by atoms with E-state index >= 15 is 0 Å². The highest BCUT2D eigenvalue weighted by atomic mass is 19.1. The summed E-state index contributed by atoms with van der Waals surface area (Å²) in [6.07, 6.45) is 0.451. The van der Waals surface area contributed by atoms with E-state index < -0.39 is 17.7 Å². The molecule has 0 aromatic heterocycles. The summed E-state index contributed by atoms with van der Waals surface area (Å²) in [6.45, 7) is 4.13. The quantitative estimate of drug-likeness (QED) is 0.532. The Morgan fingerprint density at radius 3 is 2.50 bits per heavy atom. The maximum Gasteiger partial charge on any atom is 0.213 e. The molecular formula is C9H15F2N3. The first kappa shape index (κ1) is 12.9. The topological polar surface area (TPSA) is 62.2 Å². The Bertz CT molecular complexity index is 267. The van der Waals surface area contributed by atoms with E-state index in [1.807, 2.05) is 0 Å². The number of hydrogen-bond donors (Lipinski definition) is 2. The van der Waals surface area contributed by atoms with Gasteiger partial charge in [-0.2, -0.15) is 4.39 Å². The second-order valence-corrected chi connectivity index (χ2v) is 3.30. The normalized spacial score (nSPS) is 20.1. The molecule has 0 amide bonds. The third kappa shape index (κ3) is 3.74. The highest BCUT2D eigenvalue weighted by Crippen LogP contribution is 2.17. The van der Waals surface area contributed by atoms with Gasteiger partial charge in [0.1, 0.15) is 6.17 Å². The van der Waals surface area contributed by atoms with E-state index in [2.05, 4.69) is 4.99 Å². The third-order valence-electron chi connectivity index (χ3n) is 1.81. The van der Waals surface area contributed by atoms with Crippen molar-refractivity contribution in [3.63, 3.8) is 0 Å². The van der Waals surface area contributed by atoms with E-state index in [1.54, 1.807) is 0 Å². The van der Waals surface area contributed by atoms with Crippen molar-refractivity contribution in [3.05, 3.63) is 11.5 Å². The van der Waals surface area contributed by atoms with E-state index in [-0.39, 0.29) is 5.57 Å². The molecule has 0 bridgehead atoms. The van der Waals surface area contributed by atoms with Gasteiger partial charge in [0.05, 0.1) is 5.54 Å². The van der Waals surface area contributed by atoms with Crippen LogP contribution >= 0.6 is 0 Å². The molecular weight excluding hydrogens is 188 g/mol. The summed E-state index contributed by atoms with van der Waals surface area (Å²) in [5, 5.41) is 6.97. The van der Waals surface area contributed by atoms with Crippen LogP contribution in [0.2, 0.25) is 0 Å². The molecule has 0 radical (unpaired) electrons. The van der Waals surface area contributed by atoms with Crippen molar-refractivity contribution in [1.82, 2.24) is 0 Å². The zero-order valence-electron chi connectivity index (χ0n) is 8.51. The number of rotatable bonds is 4. The minimum absolute atomic E-state index is 0.101. The average molecular weight is 203 g/mol. The van der Waals surface area contributed by atoms with Crippen LogP contribution in [0.5, 0.6) is 0 Å². The SMILES string of the molecule is C/C(=C(F)/N=C\C(C)F)C(C)(N)C=N. The molecule has 0 aliphatic rings. The molecule has 0 aliphatic heterocycles. The first-order chi connectivity index (χ1) is 6.31. The Morgan fingerprint density at radius 1 is 1.64 bits per heavy atom. The summed E-state index contributed by atoms with van der Waals surface area (Å²) in [5.41, 5.74) is 4.48. The van der Waals surface area contributed by atoms with E-state index in [0.29, 0.717) is 0 Å². The molecule has 0 aromatic carbocycles. The molecule has 0 saturated heterocycles. The first-order valence-electron chi connectivity index (χ1n) is 4.17. The van der Waals surface area contributed by atoms with Gasteiger partial charge >= 0.3 is 0 Å². The largest absolute Gasteiger partial charge is 0.317 e. The van der Waals surface area contributed by atoms with Crippen LogP contribution in [0.1, 0.15) is 20.8 Å². The molecule has 2 unspecified atom stereocenters. The number of alkyl halides is 1. The van der Waals surface area contributed by atoms with Crippen LogP contribution in [-0.4, -0.2) is 24.1 Å². The summed E-state index contributed by atoms with van der Waals surface area (Å²) >= 11 is 0. The second kappa shape index (κ2) is 4.95. The van der Waals surface area contributed by atoms with E-state index in [0.717, 1.165) is 12.4 Å². The van der Waals surface area contributed by atoms with Gasteiger partial charge in [-0.25, -0.2) is 9.38 Å². The zero-order valence-corrected chi connectivity index (χ0v) is 8.51. The van der Waals surface area contributed by atoms with Gasteiger partial charge in [-0.1, -0.05) is 0 Å². The molecule has 0 fully saturated rings. The van der Waals surface area contributed by atoms with E-state index in [9.17, 15) is 8.78 Å². The zero-order chi connectivity index (χ0) is 11.4. The smallest absolute Gasteiger partial charge is 0.213 e. The fraction of sp³-hybridized carbons (Fsp3) is 0.556. The van der Waals surface area contributed by atoms with Crippen molar-refractivity contribution in [2.45, 2.75) is 32.5 Å². The fourth-order valence-corrected chi connectivity index (χ4v) is 0.595. The average Bonchev–Trinajstić information content (AvgIpc) is 2.12. The highest BCUT2D eigenvalue weighted by Gasteiger charge is 2.21. The van der Waals surface area contributed by atoms with Crippen LogP contribution in [0, 0.1) is 5.41 Å². The Morgan fingerprint density at radius 2 is 2.14 bits per heavy atom. The number of nitrogens with zero attached hydrogens (tertiary/aromatic N) is 1. The predicted molar refractivity (Wildman–Crippen MR) is 54.2 cm³/mol. The minimum Gasteiger partial charge on any atom is -0.317 e. The van der Waals surface area contributed by atoms with Crippen molar-refractivity contribution in [2.75, 3.05) is 0 Å². The van der Waals surface area contributed by atoms with Gasteiger partial charge < -0.3 is 11.1 Å². The van der Waals surface area contributed by atoms with Crippen LogP contribution in [0.3, 0.4) is 0 Å². The number of nitrogens with one attached hydrogen (secondary N) is 1. The van der Waals surface area contributed by atoms with Crippen LogP contribution in [0.4, 0.5) is 8.78 Å². The molecule has 0 rings (SSSR count). The number of hydrogen-bond acceptors (Lipinski definition) is 3. The number of halogens is 2. The molecule has 0 heterocycles. The lowest BCUT2D eigenvalue weighted by molar-refractivity contribution is 0.459. The minimum atomic E-state index is -1.31. The highest BCUT2D eigenvalue weighted by molar-refractivity contribution is 5.72. The molecule has 0 saturated carbocycles. The van der Waals surface area contributed by atoms with Crippen molar-refractivity contribution < 1.29 is 8.78 Å². The van der Waals surface area contributed by atoms with Crippen molar-refractivity contribution in [2.24, 2.45) is 10.7 Å². The molecule has 0 spiro atoms. The van der Waals surface area contributed by atoms with Crippen LogP contribution < -0.4 is 5.73 Å². The van der Waals surface area contributed by atoms with Gasteiger partial charge in [0, 0.05) is 18.0 Å². The molecule has 14 heavy (non-hydrogen) atoms. The van der Waals surface area contributed by atoms with Crippen LogP contribution in [0.15, 0.2) is 16.5 Å². The lowest BCUT2D eigenvalue weighted by atomic mass is 9.96. The molecule has 3 N–H and O–H groups in total. The Labute approximate surface area is 82.2 Å². The van der Waals surface area contributed by atoms with Gasteiger partial charge in [-0.15, -0.1) is 0 Å². The number of nitrogens with two attached hydrogens (primary N) is 1. The maximum atomic E-state index is 13.2. The van der Waals surface area contributed by atoms with E-state index in [1.165, 1.54) is 20.8 Å². The molecule has 0 aliphatic carbocycles. The fourth-order valence-electron chi connectivity index (χ4n) is 0.595. The summed E-state index contributed by atoms with van der Waals surface area (Å²) in [5.74, 6) is -0.844. The molecule has 80 valence electrons. The van der Waals surface area contributed by atoms with Gasteiger partial charge in [0.25, 0.3) is 0 Å². The van der Waals surface area contributed by atoms with E-state index in [4.69, 9.17) is 11.1 Å². The Hall–Kier alpha value is -1.10. The second-order valence-electron chi connectivity index (χ2n) is 3.30. The maximum absolute atomic E-state index is 13.2. The molecule has 0 aromatic rings. The lowest BCUT2D eigenvalue weighted by Crippen LogP contribution is -2.39. The summed E-state index contributed by atoms with van der Waals surface area (Å²) in [7, 11) is 0. The van der Waals surface area contributed by atoms with Crippen LogP contribution in [0.25, 0.3) is 0 Å². The third-order valence-corrected chi connectivity index (χ3v) is 1.81. The Kier molecular flexibility index (Phi) is 4.56. The van der Waals surface area contributed by atoms with Crippen molar-refractivity contribution >= 4 is 12.4 Å². The summed E-state index contributed by atoms with van der Waals surface area (Å²) in [4.78, 5) is 3.27. The molecule has 2 atom stereocenters. The first-order valence-corrected chi connectivity index (χ1v) is 4.17. The van der Waals surface area contributed by atoms with Crippen LogP contribution in [-0.2, 0) is 0 Å². The predicted octanol–water partition coefficient (Wildman–Crippen LogP) is 1.98. The standard InChI is InChI=1S/C9H15F2N3/c1-6(10)4-14-8(11)7(2)9(3,13)5-12/h4-6,12H,13H2,1-3H3/b8-7-,12-5?,14-4-. The summed E-state index contributed by atoms with van der Waals surface area (Å²) < 4.78 is 25.5. The number of aliphatic imine (C=N–C) groups is 1. The van der Waals surface area contributed by atoms with Gasteiger partial charge in [-0.3, -0.25) is 0 Å². The Balaban J connectivity index is 4.84. The molecule has 5 heteroatoms. The molecule has 3 nitrogen and oxygen atoms in total. The lowest BCUT2D eigenvalue weighted by Gasteiger charge is -2.19. The van der Waals surface area contributed by atoms with Crippen molar-refractivity contribution in [3.8, 4) is 0 Å². The van der Waals surface area contributed by atoms with Gasteiger partial charge in [0.15, 0.2) is 0 Å². The van der Waals surface area contributed by atoms with Gasteiger partial charge in [-0.05, 0) is 20.8 Å².